The first-order valence-electron chi connectivity index (χ1n) is 6.30. The standard InChI is InChI=1S/C15H18N2O2/c1-10(2)14-5-4-13(6-11(14)3)19-15-8-16-12(9-18)7-17-15/h4-8,10,18H,9H2,1-3H3. The topological polar surface area (TPSA) is 55.2 Å². The van der Waals surface area contributed by atoms with Crippen molar-refractivity contribution >= 4 is 0 Å². The number of rotatable bonds is 4. The van der Waals surface area contributed by atoms with Gasteiger partial charge in [-0.1, -0.05) is 19.9 Å². The van der Waals surface area contributed by atoms with E-state index in [1.807, 2.05) is 12.1 Å². The van der Waals surface area contributed by atoms with E-state index in [0.29, 0.717) is 17.5 Å². The lowest BCUT2D eigenvalue weighted by atomic mass is 9.98. The minimum atomic E-state index is -0.116. The summed E-state index contributed by atoms with van der Waals surface area (Å²) in [6, 6.07) is 6.01. The van der Waals surface area contributed by atoms with E-state index in [1.165, 1.54) is 23.5 Å². The maximum atomic E-state index is 8.89. The molecular formula is C15H18N2O2. The van der Waals surface area contributed by atoms with Gasteiger partial charge >= 0.3 is 0 Å². The first-order valence-corrected chi connectivity index (χ1v) is 6.30. The summed E-state index contributed by atoms with van der Waals surface area (Å²) in [5, 5.41) is 8.89. The van der Waals surface area contributed by atoms with Gasteiger partial charge in [0, 0.05) is 0 Å². The molecule has 0 radical (unpaired) electrons. The second kappa shape index (κ2) is 5.80. The number of hydrogen-bond donors (Lipinski definition) is 1. The van der Waals surface area contributed by atoms with E-state index in [0.717, 1.165) is 5.75 Å². The first kappa shape index (κ1) is 13.5. The highest BCUT2D eigenvalue weighted by molar-refractivity contribution is 5.37. The van der Waals surface area contributed by atoms with Gasteiger partial charge in [-0.3, -0.25) is 4.98 Å². The predicted octanol–water partition coefficient (Wildman–Crippen LogP) is 3.19. The Kier molecular flexibility index (Phi) is 4.12. The average Bonchev–Trinajstić information content (AvgIpc) is 2.39. The molecule has 1 aromatic heterocycles. The number of nitrogens with zero attached hydrogens (tertiary/aromatic N) is 2. The smallest absolute Gasteiger partial charge is 0.237 e. The van der Waals surface area contributed by atoms with Gasteiger partial charge in [-0.25, -0.2) is 4.98 Å². The highest BCUT2D eigenvalue weighted by atomic mass is 16.5. The average molecular weight is 258 g/mol. The quantitative estimate of drug-likeness (QED) is 0.915. The molecule has 1 N–H and O–H groups in total. The second-order valence-electron chi connectivity index (χ2n) is 4.78. The van der Waals surface area contributed by atoms with Crippen molar-refractivity contribution in [2.75, 3.05) is 0 Å². The summed E-state index contributed by atoms with van der Waals surface area (Å²) in [6.07, 6.45) is 3.02. The maximum absolute atomic E-state index is 8.89. The Balaban J connectivity index is 2.16. The Morgan fingerprint density at radius 2 is 2.00 bits per heavy atom. The van der Waals surface area contributed by atoms with Crippen LogP contribution in [0.5, 0.6) is 11.6 Å². The highest BCUT2D eigenvalue weighted by Gasteiger charge is 2.06. The van der Waals surface area contributed by atoms with Crippen LogP contribution in [0.2, 0.25) is 0 Å². The Morgan fingerprint density at radius 3 is 2.53 bits per heavy atom. The van der Waals surface area contributed by atoms with Crippen LogP contribution in [0, 0.1) is 6.92 Å². The molecule has 0 spiro atoms. The summed E-state index contributed by atoms with van der Waals surface area (Å²) in [4.78, 5) is 8.11. The summed E-state index contributed by atoms with van der Waals surface area (Å²) >= 11 is 0. The summed E-state index contributed by atoms with van der Waals surface area (Å²) in [6.45, 7) is 6.29. The van der Waals surface area contributed by atoms with Crippen LogP contribution >= 0.6 is 0 Å². The lowest BCUT2D eigenvalue weighted by molar-refractivity contribution is 0.276. The molecule has 1 heterocycles. The molecule has 0 atom stereocenters. The normalized spacial score (nSPS) is 10.8. The molecule has 2 rings (SSSR count). The third-order valence-corrected chi connectivity index (χ3v) is 2.93. The maximum Gasteiger partial charge on any atom is 0.237 e. The number of aryl methyl sites for hydroxylation is 1. The molecule has 19 heavy (non-hydrogen) atoms. The summed E-state index contributed by atoms with van der Waals surface area (Å²) in [7, 11) is 0. The lowest BCUT2D eigenvalue weighted by Gasteiger charge is -2.11. The van der Waals surface area contributed by atoms with E-state index in [9.17, 15) is 0 Å². The summed E-state index contributed by atoms with van der Waals surface area (Å²) in [5.41, 5.74) is 3.04. The molecule has 1 aromatic carbocycles. The molecule has 0 fully saturated rings. The van der Waals surface area contributed by atoms with Crippen LogP contribution in [0.4, 0.5) is 0 Å². The minimum Gasteiger partial charge on any atom is -0.437 e. The summed E-state index contributed by atoms with van der Waals surface area (Å²) < 4.78 is 5.64. The van der Waals surface area contributed by atoms with Crippen LogP contribution < -0.4 is 4.74 Å². The molecule has 0 saturated carbocycles. The summed E-state index contributed by atoms with van der Waals surface area (Å²) in [5.74, 6) is 1.67. The van der Waals surface area contributed by atoms with Gasteiger partial charge in [0.2, 0.25) is 5.88 Å². The van der Waals surface area contributed by atoms with Crippen LogP contribution in [-0.4, -0.2) is 15.1 Å². The number of aliphatic hydroxyl groups excluding tert-OH is 1. The van der Waals surface area contributed by atoms with Crippen molar-refractivity contribution in [2.24, 2.45) is 0 Å². The van der Waals surface area contributed by atoms with Gasteiger partial charge in [-0.2, -0.15) is 0 Å². The number of ether oxygens (including phenoxy) is 1. The molecule has 2 aromatic rings. The number of hydrogen-bond acceptors (Lipinski definition) is 4. The van der Waals surface area contributed by atoms with E-state index < -0.39 is 0 Å². The molecule has 0 aliphatic heterocycles. The Bertz CT molecular complexity index is 551. The van der Waals surface area contributed by atoms with Gasteiger partial charge in [0.25, 0.3) is 0 Å². The van der Waals surface area contributed by atoms with Crippen LogP contribution in [-0.2, 0) is 6.61 Å². The van der Waals surface area contributed by atoms with Crippen molar-refractivity contribution < 1.29 is 9.84 Å². The fraction of sp³-hybridized carbons (Fsp3) is 0.333. The fourth-order valence-corrected chi connectivity index (χ4v) is 1.96. The van der Waals surface area contributed by atoms with Gasteiger partial charge < -0.3 is 9.84 Å². The Labute approximate surface area is 113 Å². The van der Waals surface area contributed by atoms with Crippen molar-refractivity contribution in [3.63, 3.8) is 0 Å². The third-order valence-electron chi connectivity index (χ3n) is 2.93. The predicted molar refractivity (Wildman–Crippen MR) is 73.3 cm³/mol. The monoisotopic (exact) mass is 258 g/mol. The van der Waals surface area contributed by atoms with E-state index in [-0.39, 0.29) is 6.61 Å². The van der Waals surface area contributed by atoms with E-state index >= 15 is 0 Å². The fourth-order valence-electron chi connectivity index (χ4n) is 1.96. The molecule has 4 heteroatoms. The van der Waals surface area contributed by atoms with Crippen molar-refractivity contribution in [2.45, 2.75) is 33.3 Å². The Morgan fingerprint density at radius 1 is 1.21 bits per heavy atom. The van der Waals surface area contributed by atoms with Crippen LogP contribution in [0.25, 0.3) is 0 Å². The highest BCUT2D eigenvalue weighted by Crippen LogP contribution is 2.25. The molecule has 100 valence electrons. The van der Waals surface area contributed by atoms with Crippen molar-refractivity contribution in [3.05, 3.63) is 47.4 Å². The van der Waals surface area contributed by atoms with Crippen molar-refractivity contribution in [1.29, 1.82) is 0 Å². The van der Waals surface area contributed by atoms with Gasteiger partial charge in [0.05, 0.1) is 24.7 Å². The largest absolute Gasteiger partial charge is 0.437 e. The van der Waals surface area contributed by atoms with Gasteiger partial charge in [-0.15, -0.1) is 0 Å². The number of aromatic nitrogens is 2. The lowest BCUT2D eigenvalue weighted by Crippen LogP contribution is -1.95. The molecular weight excluding hydrogens is 240 g/mol. The van der Waals surface area contributed by atoms with Gasteiger partial charge in [0.15, 0.2) is 0 Å². The molecule has 0 unspecified atom stereocenters. The van der Waals surface area contributed by atoms with E-state index in [2.05, 4.69) is 36.8 Å². The Hall–Kier alpha value is -1.94. The number of aliphatic hydroxyl groups is 1. The van der Waals surface area contributed by atoms with E-state index in [1.54, 1.807) is 0 Å². The van der Waals surface area contributed by atoms with E-state index in [4.69, 9.17) is 9.84 Å². The second-order valence-corrected chi connectivity index (χ2v) is 4.78. The first-order chi connectivity index (χ1) is 9.10. The van der Waals surface area contributed by atoms with Gasteiger partial charge in [0.1, 0.15) is 5.75 Å². The van der Waals surface area contributed by atoms with Crippen LogP contribution in [0.3, 0.4) is 0 Å². The molecule has 0 aliphatic carbocycles. The van der Waals surface area contributed by atoms with Crippen LogP contribution in [0.1, 0.15) is 36.6 Å². The van der Waals surface area contributed by atoms with Crippen molar-refractivity contribution in [1.82, 2.24) is 9.97 Å². The molecule has 0 amide bonds. The zero-order valence-corrected chi connectivity index (χ0v) is 11.4. The molecule has 0 bridgehead atoms. The zero-order valence-electron chi connectivity index (χ0n) is 11.4. The molecule has 0 saturated heterocycles. The van der Waals surface area contributed by atoms with Crippen molar-refractivity contribution in [3.8, 4) is 11.6 Å². The number of benzene rings is 1. The SMILES string of the molecule is Cc1cc(Oc2cnc(CO)cn2)ccc1C(C)C. The molecule has 4 nitrogen and oxygen atoms in total. The molecule has 0 aliphatic rings. The zero-order chi connectivity index (χ0) is 13.8. The minimum absolute atomic E-state index is 0.116. The van der Waals surface area contributed by atoms with Gasteiger partial charge in [-0.05, 0) is 36.1 Å². The van der Waals surface area contributed by atoms with Crippen LogP contribution in [0.15, 0.2) is 30.6 Å². The third kappa shape index (κ3) is 3.29.